The van der Waals surface area contributed by atoms with Crippen LogP contribution in [0.3, 0.4) is 0 Å². The third kappa shape index (κ3) is 1.12. The number of hydrogen-bond donors (Lipinski definition) is 0. The summed E-state index contributed by atoms with van der Waals surface area (Å²) < 4.78 is 0. The Morgan fingerprint density at radius 2 is 2.78 bits per heavy atom. The fraction of sp³-hybridized carbons (Fsp3) is 0.571. The molecule has 0 aromatic rings. The Morgan fingerprint density at radius 1 is 2.00 bits per heavy atom. The quantitative estimate of drug-likeness (QED) is 0.506. The van der Waals surface area contributed by atoms with Gasteiger partial charge in [0.1, 0.15) is 0 Å². The zero-order valence-corrected chi connectivity index (χ0v) is 5.75. The van der Waals surface area contributed by atoms with Crippen molar-refractivity contribution in [3.05, 3.63) is 12.7 Å². The van der Waals surface area contributed by atoms with Crippen molar-refractivity contribution in [2.75, 3.05) is 6.54 Å². The standard InChI is InChI=1S/C7H12N2/c1-3-7-5-6-8-9(7)4-2/h3,6-7H,1,4-5H2,2H3. The Kier molecular flexibility index (Phi) is 1.88. The van der Waals surface area contributed by atoms with Crippen LogP contribution in [0.5, 0.6) is 0 Å². The van der Waals surface area contributed by atoms with Crippen molar-refractivity contribution >= 4 is 6.21 Å². The molecule has 1 heterocycles. The van der Waals surface area contributed by atoms with Gasteiger partial charge in [-0.15, -0.1) is 6.58 Å². The second-order valence-corrected chi connectivity index (χ2v) is 2.09. The van der Waals surface area contributed by atoms with Crippen LogP contribution < -0.4 is 0 Å². The summed E-state index contributed by atoms with van der Waals surface area (Å²) in [5.74, 6) is 0. The maximum absolute atomic E-state index is 4.14. The third-order valence-corrected chi connectivity index (χ3v) is 1.56. The van der Waals surface area contributed by atoms with Gasteiger partial charge in [-0.25, -0.2) is 0 Å². The summed E-state index contributed by atoms with van der Waals surface area (Å²) in [6, 6.07) is 0.454. The van der Waals surface area contributed by atoms with Crippen molar-refractivity contribution in [3.63, 3.8) is 0 Å². The van der Waals surface area contributed by atoms with Crippen molar-refractivity contribution in [1.29, 1.82) is 0 Å². The van der Waals surface area contributed by atoms with Crippen molar-refractivity contribution in [2.24, 2.45) is 5.10 Å². The van der Waals surface area contributed by atoms with Gasteiger partial charge < -0.3 is 0 Å². The topological polar surface area (TPSA) is 15.6 Å². The molecule has 0 saturated carbocycles. The summed E-state index contributed by atoms with van der Waals surface area (Å²) in [6.45, 7) is 6.79. The molecule has 0 radical (unpaired) electrons. The molecule has 0 aromatic carbocycles. The minimum absolute atomic E-state index is 0.454. The van der Waals surface area contributed by atoms with Crippen LogP contribution in [-0.2, 0) is 0 Å². The molecule has 1 atom stereocenters. The van der Waals surface area contributed by atoms with Gasteiger partial charge in [0.2, 0.25) is 0 Å². The molecule has 0 bridgehead atoms. The molecule has 50 valence electrons. The van der Waals surface area contributed by atoms with Crippen LogP contribution in [0.25, 0.3) is 0 Å². The average molecular weight is 124 g/mol. The average Bonchev–Trinajstić information content (AvgIpc) is 2.33. The molecular weight excluding hydrogens is 112 g/mol. The molecule has 0 aromatic heterocycles. The lowest BCUT2D eigenvalue weighted by Gasteiger charge is -2.17. The summed E-state index contributed by atoms with van der Waals surface area (Å²) in [5.41, 5.74) is 0. The largest absolute Gasteiger partial charge is 0.290 e. The van der Waals surface area contributed by atoms with Gasteiger partial charge in [0.05, 0.1) is 6.04 Å². The predicted octanol–water partition coefficient (Wildman–Crippen LogP) is 1.25. The molecule has 2 heteroatoms. The first-order valence-electron chi connectivity index (χ1n) is 3.30. The van der Waals surface area contributed by atoms with E-state index in [0.717, 1.165) is 13.0 Å². The van der Waals surface area contributed by atoms with E-state index in [9.17, 15) is 0 Å². The number of rotatable bonds is 2. The van der Waals surface area contributed by atoms with Gasteiger partial charge in [-0.05, 0) is 6.92 Å². The first-order chi connectivity index (χ1) is 4.38. The van der Waals surface area contributed by atoms with Crippen LogP contribution >= 0.6 is 0 Å². The Bertz CT molecular complexity index is 129. The van der Waals surface area contributed by atoms with E-state index in [1.807, 2.05) is 17.3 Å². The number of hydrogen-bond acceptors (Lipinski definition) is 2. The van der Waals surface area contributed by atoms with Gasteiger partial charge in [0, 0.05) is 19.2 Å². The highest BCUT2D eigenvalue weighted by atomic mass is 15.5. The lowest BCUT2D eigenvalue weighted by atomic mass is 10.2. The molecule has 2 nitrogen and oxygen atoms in total. The Hall–Kier alpha value is -0.790. The van der Waals surface area contributed by atoms with E-state index in [2.05, 4.69) is 18.6 Å². The van der Waals surface area contributed by atoms with Crippen molar-refractivity contribution in [1.82, 2.24) is 5.01 Å². The minimum Gasteiger partial charge on any atom is -0.290 e. The monoisotopic (exact) mass is 124 g/mol. The molecule has 9 heavy (non-hydrogen) atoms. The summed E-state index contributed by atoms with van der Waals surface area (Å²) >= 11 is 0. The van der Waals surface area contributed by atoms with Gasteiger partial charge in [-0.3, -0.25) is 5.01 Å². The zero-order chi connectivity index (χ0) is 6.69. The maximum atomic E-state index is 4.14. The SMILES string of the molecule is C=CC1CC=NN1CC. The summed E-state index contributed by atoms with van der Waals surface area (Å²) in [6.07, 6.45) is 4.91. The van der Waals surface area contributed by atoms with Gasteiger partial charge in [-0.2, -0.15) is 5.10 Å². The number of nitrogens with zero attached hydrogens (tertiary/aromatic N) is 2. The molecule has 1 aliphatic heterocycles. The Labute approximate surface area is 55.9 Å². The Balaban J connectivity index is 2.48. The number of hydrazone groups is 1. The van der Waals surface area contributed by atoms with E-state index in [1.54, 1.807) is 0 Å². The molecule has 0 fully saturated rings. The highest BCUT2D eigenvalue weighted by Crippen LogP contribution is 2.09. The summed E-state index contributed by atoms with van der Waals surface area (Å²) in [4.78, 5) is 0. The summed E-state index contributed by atoms with van der Waals surface area (Å²) in [5, 5.41) is 6.18. The lowest BCUT2D eigenvalue weighted by molar-refractivity contribution is 0.282. The first-order valence-corrected chi connectivity index (χ1v) is 3.30. The molecule has 0 saturated heterocycles. The first kappa shape index (κ1) is 6.33. The van der Waals surface area contributed by atoms with Crippen LogP contribution in [0, 0.1) is 0 Å². The highest BCUT2D eigenvalue weighted by molar-refractivity contribution is 5.60. The second-order valence-electron chi connectivity index (χ2n) is 2.09. The fourth-order valence-electron chi connectivity index (χ4n) is 1.00. The molecule has 0 amide bonds. The van der Waals surface area contributed by atoms with Gasteiger partial charge in [0.15, 0.2) is 0 Å². The highest BCUT2D eigenvalue weighted by Gasteiger charge is 2.13. The van der Waals surface area contributed by atoms with Crippen LogP contribution in [0.1, 0.15) is 13.3 Å². The van der Waals surface area contributed by atoms with Gasteiger partial charge in [0.25, 0.3) is 0 Å². The molecular formula is C7H12N2. The van der Waals surface area contributed by atoms with E-state index in [0.29, 0.717) is 6.04 Å². The van der Waals surface area contributed by atoms with E-state index in [4.69, 9.17) is 0 Å². The molecule has 0 spiro atoms. The molecule has 1 aliphatic rings. The minimum atomic E-state index is 0.454. The molecule has 1 rings (SSSR count). The van der Waals surface area contributed by atoms with E-state index >= 15 is 0 Å². The predicted molar refractivity (Wildman–Crippen MR) is 39.5 cm³/mol. The number of likely N-dealkylation sites (N-methyl/N-ethyl adjacent to an activating group) is 1. The molecule has 1 unspecified atom stereocenters. The maximum Gasteiger partial charge on any atom is 0.0697 e. The van der Waals surface area contributed by atoms with Crippen LogP contribution in [0.2, 0.25) is 0 Å². The molecule has 0 N–H and O–H groups in total. The molecule has 0 aliphatic carbocycles. The zero-order valence-electron chi connectivity index (χ0n) is 5.75. The fourth-order valence-corrected chi connectivity index (χ4v) is 1.00. The van der Waals surface area contributed by atoms with Gasteiger partial charge in [-0.1, -0.05) is 6.08 Å². The van der Waals surface area contributed by atoms with Crippen molar-refractivity contribution in [3.8, 4) is 0 Å². The van der Waals surface area contributed by atoms with E-state index in [-0.39, 0.29) is 0 Å². The lowest BCUT2D eigenvalue weighted by Crippen LogP contribution is -2.23. The van der Waals surface area contributed by atoms with Crippen molar-refractivity contribution < 1.29 is 0 Å². The normalized spacial score (nSPS) is 25.0. The summed E-state index contributed by atoms with van der Waals surface area (Å²) in [7, 11) is 0. The van der Waals surface area contributed by atoms with E-state index in [1.165, 1.54) is 0 Å². The van der Waals surface area contributed by atoms with Gasteiger partial charge >= 0.3 is 0 Å². The van der Waals surface area contributed by atoms with Crippen LogP contribution in [-0.4, -0.2) is 23.8 Å². The Morgan fingerprint density at radius 3 is 3.22 bits per heavy atom. The van der Waals surface area contributed by atoms with Crippen LogP contribution in [0.4, 0.5) is 0 Å². The smallest absolute Gasteiger partial charge is 0.0697 e. The second kappa shape index (κ2) is 2.67. The van der Waals surface area contributed by atoms with Crippen LogP contribution in [0.15, 0.2) is 17.8 Å². The van der Waals surface area contributed by atoms with E-state index < -0.39 is 0 Å². The van der Waals surface area contributed by atoms with Crippen molar-refractivity contribution in [2.45, 2.75) is 19.4 Å². The third-order valence-electron chi connectivity index (χ3n) is 1.56.